The Morgan fingerprint density at radius 3 is 2.50 bits per heavy atom. The van der Waals surface area contributed by atoms with Crippen molar-refractivity contribution in [2.24, 2.45) is 0 Å². The van der Waals surface area contributed by atoms with Crippen molar-refractivity contribution in [3.63, 3.8) is 0 Å². The molecule has 0 bridgehead atoms. The van der Waals surface area contributed by atoms with Crippen molar-refractivity contribution >= 4 is 28.2 Å². The molecule has 4 nitrogen and oxygen atoms in total. The summed E-state index contributed by atoms with van der Waals surface area (Å²) in [5, 5.41) is 14.6. The largest absolute Gasteiger partial charge is 0.478 e. The summed E-state index contributed by atoms with van der Waals surface area (Å²) in [7, 11) is 0. The molecule has 6 heteroatoms. The average Bonchev–Trinajstić information content (AvgIpc) is 3.12. The van der Waals surface area contributed by atoms with Crippen LogP contribution in [0.2, 0.25) is 0 Å². The Labute approximate surface area is 165 Å². The van der Waals surface area contributed by atoms with Crippen molar-refractivity contribution in [3.05, 3.63) is 87.5 Å². The molecule has 0 aliphatic heterocycles. The highest BCUT2D eigenvalue weighted by atomic mass is 32.1. The number of hydrogen-bond donors (Lipinski definition) is 2. The number of carboxylic acid groups (broad SMARTS) is 1. The van der Waals surface area contributed by atoms with E-state index in [1.807, 2.05) is 17.5 Å². The van der Waals surface area contributed by atoms with Crippen LogP contribution in [0, 0.1) is 5.82 Å². The second-order valence-corrected chi connectivity index (χ2v) is 7.75. The van der Waals surface area contributed by atoms with Crippen molar-refractivity contribution in [2.75, 3.05) is 5.32 Å². The van der Waals surface area contributed by atoms with Gasteiger partial charge in [0.2, 0.25) is 0 Å². The molecule has 2 N–H and O–H groups in total. The molecule has 0 saturated carbocycles. The third kappa shape index (κ3) is 3.55. The number of carbonyl (C=O) groups is 2. The minimum Gasteiger partial charge on any atom is -0.478 e. The summed E-state index contributed by atoms with van der Waals surface area (Å²) in [6, 6.07) is 13.4. The lowest BCUT2D eigenvalue weighted by Crippen LogP contribution is -2.17. The van der Waals surface area contributed by atoms with Crippen molar-refractivity contribution in [1.29, 1.82) is 0 Å². The van der Waals surface area contributed by atoms with Crippen molar-refractivity contribution in [3.8, 4) is 0 Å². The number of aromatic carboxylic acids is 1. The molecule has 1 aliphatic carbocycles. The van der Waals surface area contributed by atoms with Gasteiger partial charge in [-0.15, -0.1) is 11.3 Å². The summed E-state index contributed by atoms with van der Waals surface area (Å²) < 4.78 is 13.1. The molecule has 1 atom stereocenters. The number of thiophene rings is 1. The molecule has 1 amide bonds. The fourth-order valence-electron chi connectivity index (χ4n) is 3.72. The van der Waals surface area contributed by atoms with E-state index < -0.39 is 17.7 Å². The van der Waals surface area contributed by atoms with E-state index in [0.29, 0.717) is 5.00 Å². The monoisotopic (exact) mass is 395 g/mol. The highest BCUT2D eigenvalue weighted by molar-refractivity contribution is 7.15. The van der Waals surface area contributed by atoms with Gasteiger partial charge in [0.1, 0.15) is 10.8 Å². The van der Waals surface area contributed by atoms with E-state index in [1.54, 1.807) is 0 Å². The summed E-state index contributed by atoms with van der Waals surface area (Å²) in [5.74, 6) is -1.83. The molecule has 2 aromatic carbocycles. The molecule has 28 heavy (non-hydrogen) atoms. The summed E-state index contributed by atoms with van der Waals surface area (Å²) in [4.78, 5) is 24.4. The maximum Gasteiger partial charge on any atom is 0.339 e. The number of halogens is 1. The van der Waals surface area contributed by atoms with Crippen molar-refractivity contribution in [2.45, 2.75) is 25.2 Å². The first-order chi connectivity index (χ1) is 13.5. The topological polar surface area (TPSA) is 66.4 Å². The lowest BCUT2D eigenvalue weighted by molar-refractivity contribution is 0.0696. The van der Waals surface area contributed by atoms with Gasteiger partial charge < -0.3 is 10.4 Å². The van der Waals surface area contributed by atoms with Crippen LogP contribution in [0.25, 0.3) is 0 Å². The Morgan fingerprint density at radius 1 is 1.07 bits per heavy atom. The minimum atomic E-state index is -1.05. The van der Waals surface area contributed by atoms with Gasteiger partial charge in [0.25, 0.3) is 5.91 Å². The van der Waals surface area contributed by atoms with Gasteiger partial charge in [-0.05, 0) is 71.5 Å². The molecule has 1 aliphatic rings. The molecule has 1 unspecified atom stereocenters. The fraction of sp³-hybridized carbons (Fsp3) is 0.182. The van der Waals surface area contributed by atoms with Crippen LogP contribution >= 0.6 is 11.3 Å². The Morgan fingerprint density at radius 2 is 1.79 bits per heavy atom. The average molecular weight is 395 g/mol. The summed E-state index contributed by atoms with van der Waals surface area (Å²) in [6.45, 7) is 0. The summed E-state index contributed by atoms with van der Waals surface area (Å²) in [6.07, 6.45) is 2.57. The van der Waals surface area contributed by atoms with E-state index in [1.165, 1.54) is 46.7 Å². The van der Waals surface area contributed by atoms with Gasteiger partial charge in [-0.25, -0.2) is 9.18 Å². The van der Waals surface area contributed by atoms with E-state index in [-0.39, 0.29) is 17.0 Å². The van der Waals surface area contributed by atoms with Gasteiger partial charge in [-0.3, -0.25) is 4.79 Å². The summed E-state index contributed by atoms with van der Waals surface area (Å²) >= 11 is 1.22. The Kier molecular flexibility index (Phi) is 4.96. The summed E-state index contributed by atoms with van der Waals surface area (Å²) in [5.41, 5.74) is 3.76. The first-order valence-electron chi connectivity index (χ1n) is 9.01. The lowest BCUT2D eigenvalue weighted by atomic mass is 9.80. The minimum absolute atomic E-state index is 0.105. The predicted octanol–water partition coefficient (Wildman–Crippen LogP) is 5.11. The van der Waals surface area contributed by atoms with E-state index in [9.17, 15) is 19.1 Å². The fourth-order valence-corrected chi connectivity index (χ4v) is 4.75. The highest BCUT2D eigenvalue weighted by Crippen LogP contribution is 2.39. The molecule has 1 heterocycles. The van der Waals surface area contributed by atoms with Crippen LogP contribution in [0.4, 0.5) is 9.39 Å². The first-order valence-corrected chi connectivity index (χ1v) is 9.89. The Hall–Kier alpha value is -2.99. The van der Waals surface area contributed by atoms with E-state index in [2.05, 4.69) is 17.4 Å². The molecule has 1 aromatic heterocycles. The van der Waals surface area contributed by atoms with E-state index in [0.717, 1.165) is 24.8 Å². The second-order valence-electron chi connectivity index (χ2n) is 6.87. The molecule has 3 aromatic rings. The molecule has 0 radical (unpaired) electrons. The zero-order chi connectivity index (χ0) is 19.7. The predicted molar refractivity (Wildman–Crippen MR) is 107 cm³/mol. The molecule has 0 saturated heterocycles. The standard InChI is InChI=1S/C22H18FNO3S/c23-17-9-7-14(8-10-17)20(25)24-21-19(22(26)27)18(12-28-21)16-6-5-13-3-1-2-4-15(13)11-16/h1-4,7-10,12,16H,5-6,11H2,(H,24,25)(H,26,27). The van der Waals surface area contributed by atoms with Crippen LogP contribution < -0.4 is 5.32 Å². The number of benzene rings is 2. The van der Waals surface area contributed by atoms with Gasteiger partial charge in [0.15, 0.2) is 0 Å². The zero-order valence-electron chi connectivity index (χ0n) is 14.9. The second kappa shape index (κ2) is 7.56. The number of fused-ring (bicyclic) bond motifs is 1. The number of anilines is 1. The molecule has 142 valence electrons. The number of hydrogen-bond acceptors (Lipinski definition) is 3. The van der Waals surface area contributed by atoms with Gasteiger partial charge in [-0.1, -0.05) is 24.3 Å². The van der Waals surface area contributed by atoms with E-state index in [4.69, 9.17) is 0 Å². The van der Waals surface area contributed by atoms with Crippen LogP contribution in [0.5, 0.6) is 0 Å². The smallest absolute Gasteiger partial charge is 0.339 e. The maximum atomic E-state index is 13.1. The van der Waals surface area contributed by atoms with E-state index >= 15 is 0 Å². The first kappa shape index (κ1) is 18.4. The van der Waals surface area contributed by atoms with Gasteiger partial charge in [0.05, 0.1) is 5.56 Å². The maximum absolute atomic E-state index is 13.1. The van der Waals surface area contributed by atoms with Gasteiger partial charge in [-0.2, -0.15) is 0 Å². The highest BCUT2D eigenvalue weighted by Gasteiger charge is 2.28. The van der Waals surface area contributed by atoms with Crippen molar-refractivity contribution < 1.29 is 19.1 Å². The number of aryl methyl sites for hydroxylation is 1. The molecule has 0 fully saturated rings. The molecule has 4 rings (SSSR count). The number of carbonyl (C=O) groups excluding carboxylic acids is 1. The Balaban J connectivity index is 1.61. The number of carboxylic acids is 1. The van der Waals surface area contributed by atoms with Crippen LogP contribution in [-0.4, -0.2) is 17.0 Å². The molecule has 0 spiro atoms. The normalized spacial score (nSPS) is 15.7. The number of rotatable bonds is 4. The van der Waals surface area contributed by atoms with Gasteiger partial charge in [0, 0.05) is 5.56 Å². The molecular weight excluding hydrogens is 377 g/mol. The van der Waals surface area contributed by atoms with Gasteiger partial charge >= 0.3 is 5.97 Å². The Bertz CT molecular complexity index is 1040. The third-order valence-corrected chi connectivity index (χ3v) is 6.07. The van der Waals surface area contributed by atoms with Crippen LogP contribution in [0.1, 0.15) is 49.7 Å². The molecular formula is C22H18FNO3S. The number of nitrogens with one attached hydrogen (secondary N) is 1. The SMILES string of the molecule is O=C(Nc1scc(C2CCc3ccccc3C2)c1C(=O)O)c1ccc(F)cc1. The van der Waals surface area contributed by atoms with Crippen LogP contribution in [0.15, 0.2) is 53.9 Å². The quantitative estimate of drug-likeness (QED) is 0.645. The van der Waals surface area contributed by atoms with Crippen LogP contribution in [0.3, 0.4) is 0 Å². The number of amides is 1. The third-order valence-electron chi connectivity index (χ3n) is 5.15. The zero-order valence-corrected chi connectivity index (χ0v) is 15.8. The van der Waals surface area contributed by atoms with Crippen LogP contribution in [-0.2, 0) is 12.8 Å². The lowest BCUT2D eigenvalue weighted by Gasteiger charge is -2.24. The van der Waals surface area contributed by atoms with Crippen molar-refractivity contribution in [1.82, 2.24) is 0 Å².